The first-order valence-corrected chi connectivity index (χ1v) is 7.16. The van der Waals surface area contributed by atoms with Gasteiger partial charge in [-0.2, -0.15) is 0 Å². The Morgan fingerprint density at radius 2 is 1.95 bits per heavy atom. The van der Waals surface area contributed by atoms with E-state index in [1.54, 1.807) is 13.2 Å². The summed E-state index contributed by atoms with van der Waals surface area (Å²) in [5.41, 5.74) is 0.828. The molecule has 0 heterocycles. The lowest BCUT2D eigenvalue weighted by atomic mass is 10.2. The van der Waals surface area contributed by atoms with Gasteiger partial charge in [-0.3, -0.25) is 0 Å². The van der Waals surface area contributed by atoms with Crippen molar-refractivity contribution in [1.29, 1.82) is 0 Å². The number of methoxy groups -OCH3 is 1. The van der Waals surface area contributed by atoms with E-state index in [1.165, 1.54) is 12.1 Å². The van der Waals surface area contributed by atoms with E-state index in [9.17, 15) is 4.79 Å². The van der Waals surface area contributed by atoms with Gasteiger partial charge < -0.3 is 14.6 Å². The average molecular weight is 372 g/mol. The second kappa shape index (κ2) is 6.83. The number of rotatable bonds is 5. The second-order valence-corrected chi connectivity index (χ2v) is 5.54. The molecule has 2 rings (SSSR count). The van der Waals surface area contributed by atoms with Crippen LogP contribution in [0.15, 0.2) is 40.9 Å². The lowest BCUT2D eigenvalue weighted by molar-refractivity contribution is 0.0691. The van der Waals surface area contributed by atoms with Crippen LogP contribution >= 0.6 is 27.5 Å². The molecule has 0 amide bonds. The van der Waals surface area contributed by atoms with Crippen LogP contribution in [0.25, 0.3) is 0 Å². The molecule has 0 spiro atoms. The van der Waals surface area contributed by atoms with Gasteiger partial charge in [0.15, 0.2) is 0 Å². The summed E-state index contributed by atoms with van der Waals surface area (Å²) in [5, 5.41) is 9.51. The Kier molecular flexibility index (Phi) is 5.09. The highest BCUT2D eigenvalue weighted by Gasteiger charge is 2.13. The molecule has 0 aromatic heterocycles. The van der Waals surface area contributed by atoms with Gasteiger partial charge in [0, 0.05) is 15.1 Å². The topological polar surface area (TPSA) is 55.8 Å². The predicted octanol–water partition coefficient (Wildman–Crippen LogP) is 4.39. The number of ether oxygens (including phenoxy) is 2. The zero-order valence-corrected chi connectivity index (χ0v) is 13.4. The molecule has 0 aliphatic heterocycles. The highest BCUT2D eigenvalue weighted by Crippen LogP contribution is 2.27. The molecule has 6 heteroatoms. The summed E-state index contributed by atoms with van der Waals surface area (Å²) in [6.45, 7) is 0.185. The average Bonchev–Trinajstić information content (AvgIpc) is 2.46. The number of hydrogen-bond acceptors (Lipinski definition) is 3. The van der Waals surface area contributed by atoms with Crippen molar-refractivity contribution in [2.45, 2.75) is 6.61 Å². The van der Waals surface area contributed by atoms with E-state index < -0.39 is 5.97 Å². The van der Waals surface area contributed by atoms with Crippen LogP contribution in [-0.4, -0.2) is 18.2 Å². The zero-order valence-electron chi connectivity index (χ0n) is 11.1. The van der Waals surface area contributed by atoms with Crippen molar-refractivity contribution in [2.75, 3.05) is 7.11 Å². The maximum Gasteiger partial charge on any atom is 0.339 e. The third kappa shape index (κ3) is 3.89. The van der Waals surface area contributed by atoms with Crippen molar-refractivity contribution >= 4 is 33.5 Å². The summed E-state index contributed by atoms with van der Waals surface area (Å²) < 4.78 is 11.7. The van der Waals surface area contributed by atoms with E-state index in [-0.39, 0.29) is 17.9 Å². The molecule has 2 aromatic rings. The fraction of sp³-hybridized carbons (Fsp3) is 0.133. The van der Waals surface area contributed by atoms with Crippen molar-refractivity contribution in [3.8, 4) is 11.5 Å². The van der Waals surface area contributed by atoms with E-state index in [4.69, 9.17) is 26.2 Å². The van der Waals surface area contributed by atoms with Crippen LogP contribution < -0.4 is 9.47 Å². The molecule has 0 saturated heterocycles. The molecule has 4 nitrogen and oxygen atoms in total. The van der Waals surface area contributed by atoms with E-state index in [0.29, 0.717) is 10.8 Å². The maximum atomic E-state index is 11.2. The zero-order chi connectivity index (χ0) is 15.4. The monoisotopic (exact) mass is 370 g/mol. The third-order valence-electron chi connectivity index (χ3n) is 2.80. The van der Waals surface area contributed by atoms with Gasteiger partial charge in [-0.05, 0) is 36.4 Å². The summed E-state index contributed by atoms with van der Waals surface area (Å²) >= 11 is 9.18. The Labute approximate surface area is 135 Å². The molecule has 2 aromatic carbocycles. The predicted molar refractivity (Wildman–Crippen MR) is 83.4 cm³/mol. The van der Waals surface area contributed by atoms with Crippen LogP contribution in [0.3, 0.4) is 0 Å². The summed E-state index contributed by atoms with van der Waals surface area (Å²) in [6, 6.07) is 10.0. The van der Waals surface area contributed by atoms with Crippen molar-refractivity contribution < 1.29 is 19.4 Å². The van der Waals surface area contributed by atoms with E-state index in [0.717, 1.165) is 10.0 Å². The molecule has 0 radical (unpaired) electrons. The van der Waals surface area contributed by atoms with Crippen LogP contribution in [0, 0.1) is 0 Å². The van der Waals surface area contributed by atoms with E-state index >= 15 is 0 Å². The minimum atomic E-state index is -1.09. The second-order valence-electron chi connectivity index (χ2n) is 4.19. The number of carbonyl (C=O) groups is 1. The van der Waals surface area contributed by atoms with E-state index in [1.807, 2.05) is 18.2 Å². The molecule has 0 atom stereocenters. The standard InChI is InChI=1S/C15H12BrClO4/c1-20-13-4-2-10(16)6-9(13)8-21-14-5-3-11(17)7-12(14)15(18)19/h2-7H,8H2,1H3,(H,18,19). The minimum Gasteiger partial charge on any atom is -0.496 e. The smallest absolute Gasteiger partial charge is 0.339 e. The van der Waals surface area contributed by atoms with Gasteiger partial charge in [-0.25, -0.2) is 4.79 Å². The van der Waals surface area contributed by atoms with Gasteiger partial charge in [-0.1, -0.05) is 27.5 Å². The quantitative estimate of drug-likeness (QED) is 0.847. The molecule has 21 heavy (non-hydrogen) atoms. The van der Waals surface area contributed by atoms with Crippen LogP contribution in [-0.2, 0) is 6.61 Å². The normalized spacial score (nSPS) is 10.2. The molecular weight excluding hydrogens is 360 g/mol. The fourth-order valence-corrected chi connectivity index (χ4v) is 2.39. The molecule has 0 unspecified atom stereocenters. The van der Waals surface area contributed by atoms with Crippen LogP contribution in [0.5, 0.6) is 11.5 Å². The SMILES string of the molecule is COc1ccc(Br)cc1COc1ccc(Cl)cc1C(=O)O. The molecule has 0 aliphatic carbocycles. The summed E-state index contributed by atoms with van der Waals surface area (Å²) in [7, 11) is 1.57. The summed E-state index contributed by atoms with van der Waals surface area (Å²) in [5.74, 6) is -0.160. The van der Waals surface area contributed by atoms with Crippen molar-refractivity contribution in [3.05, 3.63) is 57.0 Å². The minimum absolute atomic E-state index is 0.0245. The van der Waals surface area contributed by atoms with Gasteiger partial charge in [0.2, 0.25) is 0 Å². The van der Waals surface area contributed by atoms with Gasteiger partial charge in [0.25, 0.3) is 0 Å². The first-order valence-electron chi connectivity index (χ1n) is 5.99. The van der Waals surface area contributed by atoms with Crippen LogP contribution in [0.1, 0.15) is 15.9 Å². The summed E-state index contributed by atoms with van der Waals surface area (Å²) in [6.07, 6.45) is 0. The molecule has 1 N–H and O–H groups in total. The lowest BCUT2D eigenvalue weighted by Crippen LogP contribution is -2.04. The van der Waals surface area contributed by atoms with Crippen molar-refractivity contribution in [1.82, 2.24) is 0 Å². The fourth-order valence-electron chi connectivity index (χ4n) is 1.81. The number of aromatic carboxylic acids is 1. The molecule has 0 saturated carbocycles. The Morgan fingerprint density at radius 1 is 1.24 bits per heavy atom. The molecule has 0 fully saturated rings. The maximum absolute atomic E-state index is 11.2. The van der Waals surface area contributed by atoms with Gasteiger partial charge in [-0.15, -0.1) is 0 Å². The lowest BCUT2D eigenvalue weighted by Gasteiger charge is -2.12. The van der Waals surface area contributed by atoms with Crippen LogP contribution in [0.4, 0.5) is 0 Å². The Bertz CT molecular complexity index is 673. The number of halogens is 2. The highest BCUT2D eigenvalue weighted by atomic mass is 79.9. The number of carboxylic acids is 1. The molecule has 0 aliphatic rings. The van der Waals surface area contributed by atoms with Gasteiger partial charge in [0.05, 0.1) is 7.11 Å². The molecule has 110 valence electrons. The summed E-state index contributed by atoms with van der Waals surface area (Å²) in [4.78, 5) is 11.2. The Balaban J connectivity index is 2.24. The van der Waals surface area contributed by atoms with E-state index in [2.05, 4.69) is 15.9 Å². The first-order chi connectivity index (χ1) is 10.0. The van der Waals surface area contributed by atoms with Gasteiger partial charge >= 0.3 is 5.97 Å². The molecule has 0 bridgehead atoms. The third-order valence-corrected chi connectivity index (χ3v) is 3.53. The van der Waals surface area contributed by atoms with Crippen molar-refractivity contribution in [3.63, 3.8) is 0 Å². The van der Waals surface area contributed by atoms with Crippen LogP contribution in [0.2, 0.25) is 5.02 Å². The number of benzene rings is 2. The molecular formula is C15H12BrClO4. The van der Waals surface area contributed by atoms with Gasteiger partial charge in [0.1, 0.15) is 23.7 Å². The Morgan fingerprint density at radius 3 is 2.62 bits per heavy atom. The highest BCUT2D eigenvalue weighted by molar-refractivity contribution is 9.10. The number of hydrogen-bond donors (Lipinski definition) is 1. The number of carboxylic acid groups (broad SMARTS) is 1. The largest absolute Gasteiger partial charge is 0.496 e. The van der Waals surface area contributed by atoms with Crippen molar-refractivity contribution in [2.24, 2.45) is 0 Å². The Hall–Kier alpha value is -1.72. The first kappa shape index (κ1) is 15.7.